The van der Waals surface area contributed by atoms with Crippen molar-refractivity contribution in [3.63, 3.8) is 0 Å². The summed E-state index contributed by atoms with van der Waals surface area (Å²) in [5, 5.41) is 1.16. The van der Waals surface area contributed by atoms with Crippen LogP contribution in [0, 0.1) is 0 Å². The van der Waals surface area contributed by atoms with Gasteiger partial charge < -0.3 is 4.90 Å². The average molecular weight is 401 g/mol. The highest BCUT2D eigenvalue weighted by atomic mass is 79.9. The summed E-state index contributed by atoms with van der Waals surface area (Å²) < 4.78 is 2.22. The van der Waals surface area contributed by atoms with Gasteiger partial charge in [-0.15, -0.1) is 11.3 Å². The van der Waals surface area contributed by atoms with Crippen molar-refractivity contribution in [1.82, 2.24) is 9.88 Å². The summed E-state index contributed by atoms with van der Waals surface area (Å²) in [5.74, 6) is 0.462. The number of hydrogen-bond donors (Lipinski definition) is 0. The van der Waals surface area contributed by atoms with Gasteiger partial charge >= 0.3 is 0 Å². The van der Waals surface area contributed by atoms with Gasteiger partial charge in [0.25, 0.3) is 5.91 Å². The topological polar surface area (TPSA) is 33.2 Å². The largest absolute Gasteiger partial charge is 0.338 e. The van der Waals surface area contributed by atoms with Gasteiger partial charge in [-0.3, -0.25) is 4.79 Å². The van der Waals surface area contributed by atoms with Crippen LogP contribution in [-0.2, 0) is 0 Å². The molecule has 1 fully saturated rings. The molecule has 3 aromatic rings. The van der Waals surface area contributed by atoms with E-state index in [4.69, 9.17) is 4.98 Å². The van der Waals surface area contributed by atoms with Crippen LogP contribution in [0.3, 0.4) is 0 Å². The number of para-hydroxylation sites is 1. The van der Waals surface area contributed by atoms with Gasteiger partial charge in [0.2, 0.25) is 0 Å². The molecule has 0 radical (unpaired) electrons. The summed E-state index contributed by atoms with van der Waals surface area (Å²) in [7, 11) is 0. The van der Waals surface area contributed by atoms with E-state index in [1.54, 1.807) is 11.3 Å². The Balaban J connectivity index is 1.54. The number of aromatic nitrogens is 1. The molecule has 0 N–H and O–H groups in total. The summed E-state index contributed by atoms with van der Waals surface area (Å²) in [6, 6.07) is 15.9. The van der Waals surface area contributed by atoms with E-state index < -0.39 is 0 Å². The van der Waals surface area contributed by atoms with E-state index in [2.05, 4.69) is 34.1 Å². The van der Waals surface area contributed by atoms with Crippen molar-refractivity contribution >= 4 is 43.4 Å². The number of thiazole rings is 1. The number of amides is 1. The molecule has 5 heteroatoms. The molecule has 2 aromatic carbocycles. The smallest absolute Gasteiger partial charge is 0.253 e. The zero-order valence-corrected chi connectivity index (χ0v) is 15.5. The molecular weight excluding hydrogens is 384 g/mol. The van der Waals surface area contributed by atoms with Crippen LogP contribution in [0.4, 0.5) is 0 Å². The number of carbonyl (C=O) groups excluding carboxylic acids is 1. The van der Waals surface area contributed by atoms with Gasteiger partial charge in [0.15, 0.2) is 0 Å². The average Bonchev–Trinajstić information content (AvgIpc) is 3.06. The summed E-state index contributed by atoms with van der Waals surface area (Å²) >= 11 is 5.18. The van der Waals surface area contributed by atoms with Gasteiger partial charge in [0.05, 0.1) is 15.2 Å². The second-order valence-corrected chi connectivity index (χ2v) is 8.09. The van der Waals surface area contributed by atoms with Gasteiger partial charge in [-0.2, -0.15) is 0 Å². The molecule has 0 spiro atoms. The van der Waals surface area contributed by atoms with E-state index >= 15 is 0 Å². The number of halogens is 1. The Morgan fingerprint density at radius 1 is 1.17 bits per heavy atom. The minimum Gasteiger partial charge on any atom is -0.338 e. The molecule has 3 nitrogen and oxygen atoms in total. The molecule has 4 rings (SSSR count). The van der Waals surface area contributed by atoms with Crippen LogP contribution in [0.1, 0.15) is 34.1 Å². The van der Waals surface area contributed by atoms with Crippen LogP contribution in [-0.4, -0.2) is 28.9 Å². The van der Waals surface area contributed by atoms with Gasteiger partial charge in [0.1, 0.15) is 0 Å². The summed E-state index contributed by atoms with van der Waals surface area (Å²) in [4.78, 5) is 19.5. The normalized spacial score (nSPS) is 18.0. The molecule has 0 bridgehead atoms. The van der Waals surface area contributed by atoms with E-state index in [1.165, 1.54) is 4.70 Å². The Morgan fingerprint density at radius 3 is 2.75 bits per heavy atom. The van der Waals surface area contributed by atoms with Crippen molar-refractivity contribution in [2.45, 2.75) is 18.8 Å². The Bertz CT molecular complexity index is 841. The highest BCUT2D eigenvalue weighted by molar-refractivity contribution is 9.10. The molecule has 1 aromatic heterocycles. The lowest BCUT2D eigenvalue weighted by molar-refractivity contribution is 0.0707. The number of rotatable bonds is 2. The molecule has 1 amide bonds. The number of hydrogen-bond acceptors (Lipinski definition) is 3. The van der Waals surface area contributed by atoms with Crippen LogP contribution < -0.4 is 0 Å². The highest BCUT2D eigenvalue weighted by Crippen LogP contribution is 2.33. The van der Waals surface area contributed by atoms with Crippen molar-refractivity contribution in [1.29, 1.82) is 0 Å². The minimum atomic E-state index is 0.119. The van der Waals surface area contributed by atoms with Crippen molar-refractivity contribution < 1.29 is 4.79 Å². The first kappa shape index (κ1) is 15.8. The molecule has 1 saturated heterocycles. The van der Waals surface area contributed by atoms with Crippen LogP contribution in [0.5, 0.6) is 0 Å². The second kappa shape index (κ2) is 6.65. The lowest BCUT2D eigenvalue weighted by Gasteiger charge is -2.32. The van der Waals surface area contributed by atoms with Gasteiger partial charge in [-0.1, -0.05) is 28.1 Å². The fourth-order valence-electron chi connectivity index (χ4n) is 3.20. The van der Waals surface area contributed by atoms with E-state index in [-0.39, 0.29) is 5.91 Å². The van der Waals surface area contributed by atoms with Gasteiger partial charge in [-0.25, -0.2) is 4.98 Å². The molecular formula is C19H17BrN2OS. The number of piperidine rings is 1. The van der Waals surface area contributed by atoms with Crippen molar-refractivity contribution in [2.75, 3.05) is 13.1 Å². The predicted molar refractivity (Wildman–Crippen MR) is 102 cm³/mol. The molecule has 122 valence electrons. The molecule has 1 aliphatic rings. The van der Waals surface area contributed by atoms with Crippen LogP contribution in [0.2, 0.25) is 0 Å². The monoisotopic (exact) mass is 400 g/mol. The minimum absolute atomic E-state index is 0.119. The lowest BCUT2D eigenvalue weighted by Crippen LogP contribution is -2.39. The van der Waals surface area contributed by atoms with Gasteiger partial charge in [-0.05, 0) is 49.2 Å². The summed E-state index contributed by atoms with van der Waals surface area (Å²) in [6.07, 6.45) is 2.13. The second-order valence-electron chi connectivity index (χ2n) is 6.12. The molecule has 1 atom stereocenters. The molecule has 0 saturated carbocycles. The maximum Gasteiger partial charge on any atom is 0.253 e. The van der Waals surface area contributed by atoms with Gasteiger partial charge in [0, 0.05) is 29.0 Å². The van der Waals surface area contributed by atoms with E-state index in [9.17, 15) is 4.79 Å². The number of carbonyl (C=O) groups is 1. The zero-order valence-electron chi connectivity index (χ0n) is 13.1. The lowest BCUT2D eigenvalue weighted by atomic mass is 9.98. The van der Waals surface area contributed by atoms with Crippen molar-refractivity contribution in [2.24, 2.45) is 0 Å². The third-order valence-corrected chi connectivity index (χ3v) is 6.19. The Morgan fingerprint density at radius 2 is 1.96 bits per heavy atom. The molecule has 24 heavy (non-hydrogen) atoms. The third kappa shape index (κ3) is 3.10. The predicted octanol–water partition coefficient (Wildman–Crippen LogP) is 5.08. The number of fused-ring (bicyclic) bond motifs is 1. The standard InChI is InChI=1S/C19H17BrN2OS/c20-15-9-7-13(8-10-15)19(23)22-11-3-4-14(12-22)18-21-16-5-1-2-6-17(16)24-18/h1-2,5-10,14H,3-4,11-12H2/t14-/m1/s1. The fraction of sp³-hybridized carbons (Fsp3) is 0.263. The Kier molecular flexibility index (Phi) is 4.37. The molecule has 0 unspecified atom stereocenters. The van der Waals surface area contributed by atoms with E-state index in [0.717, 1.165) is 46.5 Å². The third-order valence-electron chi connectivity index (χ3n) is 4.46. The summed E-state index contributed by atoms with van der Waals surface area (Å²) in [6.45, 7) is 1.59. The zero-order chi connectivity index (χ0) is 16.5. The number of benzene rings is 2. The van der Waals surface area contributed by atoms with E-state index in [1.807, 2.05) is 35.2 Å². The maximum absolute atomic E-state index is 12.8. The fourth-order valence-corrected chi connectivity index (χ4v) is 4.56. The Labute approximate surface area is 153 Å². The van der Waals surface area contributed by atoms with Crippen LogP contribution >= 0.6 is 27.3 Å². The molecule has 2 heterocycles. The highest BCUT2D eigenvalue weighted by Gasteiger charge is 2.27. The maximum atomic E-state index is 12.8. The molecule has 0 aliphatic carbocycles. The van der Waals surface area contributed by atoms with Crippen LogP contribution in [0.15, 0.2) is 53.0 Å². The SMILES string of the molecule is O=C(c1ccc(Br)cc1)N1CCC[C@@H](c2nc3ccccc3s2)C1. The summed E-state index contributed by atoms with van der Waals surface area (Å²) in [5.41, 5.74) is 1.82. The first-order valence-corrected chi connectivity index (χ1v) is 9.72. The first-order valence-electron chi connectivity index (χ1n) is 8.11. The number of likely N-dealkylation sites (tertiary alicyclic amines) is 1. The van der Waals surface area contributed by atoms with Crippen LogP contribution in [0.25, 0.3) is 10.2 Å². The van der Waals surface area contributed by atoms with Crippen molar-refractivity contribution in [3.8, 4) is 0 Å². The first-order chi connectivity index (χ1) is 11.7. The van der Waals surface area contributed by atoms with E-state index in [0.29, 0.717) is 5.92 Å². The molecule has 1 aliphatic heterocycles. The number of nitrogens with zero attached hydrogens (tertiary/aromatic N) is 2. The van der Waals surface area contributed by atoms with Crippen molar-refractivity contribution in [3.05, 3.63) is 63.6 Å². The quantitative estimate of drug-likeness (QED) is 0.600. The Hall–Kier alpha value is -1.72.